The van der Waals surface area contributed by atoms with Crippen LogP contribution in [0, 0.1) is 0 Å². The largest absolute Gasteiger partial charge is 0.336 e. The van der Waals surface area contributed by atoms with Gasteiger partial charge >= 0.3 is 0 Å². The maximum atomic E-state index is 12.6. The number of hydrogen-bond donors (Lipinski definition) is 0. The number of carbonyl (C=O) groups is 1. The van der Waals surface area contributed by atoms with Gasteiger partial charge < -0.3 is 4.90 Å². The van der Waals surface area contributed by atoms with Crippen molar-refractivity contribution in [3.8, 4) is 0 Å². The summed E-state index contributed by atoms with van der Waals surface area (Å²) in [4.78, 5) is 26.2. The molecule has 5 heteroatoms. The SMILES string of the molecule is CC(C(=O)N1CCc2ccccc2C1)n1ncccc1=O. The summed E-state index contributed by atoms with van der Waals surface area (Å²) in [7, 11) is 0. The molecule has 2 aromatic rings. The number of aromatic nitrogens is 2. The lowest BCUT2D eigenvalue weighted by Gasteiger charge is -2.31. The minimum absolute atomic E-state index is 0.0645. The Morgan fingerprint density at radius 3 is 2.71 bits per heavy atom. The number of rotatable bonds is 2. The summed E-state index contributed by atoms with van der Waals surface area (Å²) in [6, 6.07) is 10.6. The van der Waals surface area contributed by atoms with Crippen molar-refractivity contribution in [2.24, 2.45) is 0 Å². The predicted molar refractivity (Wildman–Crippen MR) is 78.8 cm³/mol. The van der Waals surface area contributed by atoms with E-state index in [4.69, 9.17) is 0 Å². The molecule has 108 valence electrons. The van der Waals surface area contributed by atoms with Gasteiger partial charge in [0.25, 0.3) is 5.56 Å². The van der Waals surface area contributed by atoms with E-state index >= 15 is 0 Å². The second kappa shape index (κ2) is 5.52. The molecule has 1 aromatic carbocycles. The third-order valence-electron chi connectivity index (χ3n) is 3.91. The topological polar surface area (TPSA) is 55.2 Å². The second-order valence-electron chi connectivity index (χ2n) is 5.26. The molecule has 0 N–H and O–H groups in total. The lowest BCUT2D eigenvalue weighted by atomic mass is 9.99. The average Bonchev–Trinajstić information content (AvgIpc) is 2.53. The van der Waals surface area contributed by atoms with Crippen molar-refractivity contribution in [2.75, 3.05) is 6.54 Å². The van der Waals surface area contributed by atoms with Gasteiger partial charge in [0.15, 0.2) is 0 Å². The van der Waals surface area contributed by atoms with Gasteiger partial charge in [-0.25, -0.2) is 4.68 Å². The summed E-state index contributed by atoms with van der Waals surface area (Å²) in [5, 5.41) is 4.00. The highest BCUT2D eigenvalue weighted by Gasteiger charge is 2.26. The van der Waals surface area contributed by atoms with E-state index in [0.29, 0.717) is 13.1 Å². The van der Waals surface area contributed by atoms with Crippen LogP contribution in [0.15, 0.2) is 47.4 Å². The molecule has 0 radical (unpaired) electrons. The van der Waals surface area contributed by atoms with Crippen LogP contribution in [0.5, 0.6) is 0 Å². The maximum Gasteiger partial charge on any atom is 0.267 e. The molecule has 21 heavy (non-hydrogen) atoms. The standard InChI is InChI=1S/C16H17N3O2/c1-12(19-15(20)7-4-9-17-19)16(21)18-10-8-13-5-2-3-6-14(13)11-18/h2-7,9,12H,8,10-11H2,1H3. The lowest BCUT2D eigenvalue weighted by Crippen LogP contribution is -2.42. The van der Waals surface area contributed by atoms with Crippen molar-refractivity contribution in [2.45, 2.75) is 25.9 Å². The molecule has 3 rings (SSSR count). The Balaban J connectivity index is 1.81. The normalized spacial score (nSPS) is 15.4. The van der Waals surface area contributed by atoms with Gasteiger partial charge in [-0.05, 0) is 30.5 Å². The number of hydrogen-bond acceptors (Lipinski definition) is 3. The molecule has 1 amide bonds. The van der Waals surface area contributed by atoms with Crippen LogP contribution in [0.3, 0.4) is 0 Å². The van der Waals surface area contributed by atoms with Crippen molar-refractivity contribution >= 4 is 5.91 Å². The zero-order valence-electron chi connectivity index (χ0n) is 11.9. The Kier molecular flexibility index (Phi) is 3.56. The molecule has 0 aliphatic carbocycles. The molecule has 1 aliphatic rings. The quantitative estimate of drug-likeness (QED) is 0.837. The molecule has 1 aromatic heterocycles. The van der Waals surface area contributed by atoms with Gasteiger partial charge in [-0.3, -0.25) is 9.59 Å². The number of fused-ring (bicyclic) bond motifs is 1. The molecule has 0 saturated carbocycles. The van der Waals surface area contributed by atoms with Gasteiger partial charge in [-0.15, -0.1) is 0 Å². The van der Waals surface area contributed by atoms with Crippen LogP contribution in [0.4, 0.5) is 0 Å². The fourth-order valence-electron chi connectivity index (χ4n) is 2.71. The van der Waals surface area contributed by atoms with Crippen LogP contribution in [0.1, 0.15) is 24.1 Å². The lowest BCUT2D eigenvalue weighted by molar-refractivity contribution is -0.135. The molecule has 0 spiro atoms. The van der Waals surface area contributed by atoms with Gasteiger partial charge in [0.2, 0.25) is 5.91 Å². The molecule has 0 bridgehead atoms. The fraction of sp³-hybridized carbons (Fsp3) is 0.312. The van der Waals surface area contributed by atoms with Crippen LogP contribution in [0.2, 0.25) is 0 Å². The summed E-state index contributed by atoms with van der Waals surface area (Å²) in [5.41, 5.74) is 2.22. The van der Waals surface area contributed by atoms with E-state index in [1.165, 1.54) is 28.1 Å². The van der Waals surface area contributed by atoms with Gasteiger partial charge in [0.1, 0.15) is 6.04 Å². The Hall–Kier alpha value is -2.43. The molecule has 0 fully saturated rings. The minimum Gasteiger partial charge on any atom is -0.336 e. The predicted octanol–water partition coefficient (Wildman–Crippen LogP) is 1.39. The van der Waals surface area contributed by atoms with E-state index in [2.05, 4.69) is 11.2 Å². The van der Waals surface area contributed by atoms with E-state index < -0.39 is 6.04 Å². The number of nitrogens with zero attached hydrogens (tertiary/aromatic N) is 3. The molecule has 5 nitrogen and oxygen atoms in total. The van der Waals surface area contributed by atoms with Crippen LogP contribution in [-0.4, -0.2) is 27.1 Å². The highest BCUT2D eigenvalue weighted by atomic mass is 16.2. The maximum absolute atomic E-state index is 12.6. The van der Waals surface area contributed by atoms with Crippen LogP contribution < -0.4 is 5.56 Å². The third kappa shape index (κ3) is 2.59. The molecular weight excluding hydrogens is 266 g/mol. The van der Waals surface area contributed by atoms with Crippen molar-refractivity contribution in [3.63, 3.8) is 0 Å². The summed E-state index contributed by atoms with van der Waals surface area (Å²) < 4.78 is 1.24. The molecule has 0 saturated heterocycles. The summed E-state index contributed by atoms with van der Waals surface area (Å²) in [6.45, 7) is 3.00. The first-order valence-corrected chi connectivity index (χ1v) is 7.06. The molecule has 2 heterocycles. The Labute approximate surface area is 122 Å². The Morgan fingerprint density at radius 2 is 1.95 bits per heavy atom. The van der Waals surface area contributed by atoms with E-state index in [1.807, 2.05) is 18.2 Å². The summed E-state index contributed by atoms with van der Waals surface area (Å²) in [5.74, 6) is -0.0645. The Morgan fingerprint density at radius 1 is 1.19 bits per heavy atom. The Bertz CT molecular complexity index is 723. The number of benzene rings is 1. The van der Waals surface area contributed by atoms with Gasteiger partial charge in [0, 0.05) is 25.4 Å². The smallest absolute Gasteiger partial charge is 0.267 e. The van der Waals surface area contributed by atoms with Crippen LogP contribution in [0.25, 0.3) is 0 Å². The fourth-order valence-corrected chi connectivity index (χ4v) is 2.71. The molecule has 1 aliphatic heterocycles. The first kappa shape index (κ1) is 13.5. The number of amides is 1. The highest BCUT2D eigenvalue weighted by molar-refractivity contribution is 5.80. The average molecular weight is 283 g/mol. The van der Waals surface area contributed by atoms with Gasteiger partial charge in [-0.2, -0.15) is 5.10 Å². The van der Waals surface area contributed by atoms with Crippen molar-refractivity contribution in [3.05, 3.63) is 64.1 Å². The van der Waals surface area contributed by atoms with Crippen molar-refractivity contribution in [1.29, 1.82) is 0 Å². The van der Waals surface area contributed by atoms with E-state index in [-0.39, 0.29) is 11.5 Å². The van der Waals surface area contributed by atoms with Gasteiger partial charge in [-0.1, -0.05) is 24.3 Å². The monoisotopic (exact) mass is 283 g/mol. The van der Waals surface area contributed by atoms with Crippen molar-refractivity contribution < 1.29 is 4.79 Å². The summed E-state index contributed by atoms with van der Waals surface area (Å²) in [6.07, 6.45) is 2.38. The summed E-state index contributed by atoms with van der Waals surface area (Å²) >= 11 is 0. The minimum atomic E-state index is -0.580. The molecule has 1 unspecified atom stereocenters. The first-order valence-electron chi connectivity index (χ1n) is 7.06. The molecule has 1 atom stereocenters. The number of carbonyl (C=O) groups excluding carboxylic acids is 1. The van der Waals surface area contributed by atoms with Gasteiger partial charge in [0.05, 0.1) is 0 Å². The van der Waals surface area contributed by atoms with E-state index in [9.17, 15) is 9.59 Å². The second-order valence-corrected chi connectivity index (χ2v) is 5.26. The van der Waals surface area contributed by atoms with Crippen LogP contribution >= 0.6 is 0 Å². The van der Waals surface area contributed by atoms with E-state index in [1.54, 1.807) is 17.9 Å². The first-order chi connectivity index (χ1) is 10.2. The van der Waals surface area contributed by atoms with E-state index in [0.717, 1.165) is 6.42 Å². The van der Waals surface area contributed by atoms with Crippen LogP contribution in [-0.2, 0) is 17.8 Å². The zero-order valence-corrected chi connectivity index (χ0v) is 11.9. The third-order valence-corrected chi connectivity index (χ3v) is 3.91. The van der Waals surface area contributed by atoms with Crippen molar-refractivity contribution in [1.82, 2.24) is 14.7 Å². The highest BCUT2D eigenvalue weighted by Crippen LogP contribution is 2.20. The zero-order chi connectivity index (χ0) is 14.8. The molecular formula is C16H17N3O2.